The number of carbonyl (C=O) groups is 2. The summed E-state index contributed by atoms with van der Waals surface area (Å²) in [4.78, 5) is 35.3. The molecule has 6 heteroatoms. The lowest BCUT2D eigenvalue weighted by atomic mass is 9.80. The predicted octanol–water partition coefficient (Wildman–Crippen LogP) is 9.61. The SMILES string of the molecule is C=CC(C)(C)c1[nH]c2c(C)c(C)c(C)c(C)c2c1C1=C(Cl)C(=O)C(c2c[nH]c3c(CC=C(C)C)cccc23)=C(Cl)C1=O. The van der Waals surface area contributed by atoms with Crippen LogP contribution in [0.15, 0.2) is 58.8 Å². The fourth-order valence-electron chi connectivity index (χ4n) is 5.95. The highest BCUT2D eigenvalue weighted by Gasteiger charge is 2.40. The van der Waals surface area contributed by atoms with Gasteiger partial charge in [0.2, 0.25) is 11.6 Å². The molecule has 0 saturated carbocycles. The Morgan fingerprint density at radius 2 is 1.52 bits per heavy atom. The standard InChI is InChI=1S/C36H36Cl2N2O2/c1-10-36(8,9)35-27(25-20(6)18(4)19(5)21(7)31(25)40-35)28-30(38)33(41)26(29(37)34(28)42)24-16-39-32-22(15-14-17(2)3)12-11-13-23(24)32/h10-14,16,39-40H,1,15H2,2-9H3. The van der Waals surface area contributed by atoms with Gasteiger partial charge in [-0.2, -0.15) is 0 Å². The molecule has 5 rings (SSSR count). The van der Waals surface area contributed by atoms with Gasteiger partial charge in [-0.05, 0) is 75.8 Å². The highest BCUT2D eigenvalue weighted by atomic mass is 35.5. The van der Waals surface area contributed by atoms with Crippen molar-refractivity contribution in [1.29, 1.82) is 0 Å². The second kappa shape index (κ2) is 10.6. The molecular weight excluding hydrogens is 563 g/mol. The summed E-state index contributed by atoms with van der Waals surface area (Å²) >= 11 is 13.8. The number of Topliss-reactive ketones (excluding diaryl/α,β-unsaturated/α-hetero) is 2. The van der Waals surface area contributed by atoms with Gasteiger partial charge in [0.15, 0.2) is 0 Å². The van der Waals surface area contributed by atoms with Crippen LogP contribution in [0.4, 0.5) is 0 Å². The van der Waals surface area contributed by atoms with Gasteiger partial charge in [0, 0.05) is 50.2 Å². The van der Waals surface area contributed by atoms with Crippen molar-refractivity contribution in [2.75, 3.05) is 0 Å². The van der Waals surface area contributed by atoms with E-state index in [0.717, 1.165) is 56.2 Å². The van der Waals surface area contributed by atoms with Gasteiger partial charge in [0.05, 0.1) is 11.1 Å². The maximum Gasteiger partial charge on any atom is 0.207 e. The smallest absolute Gasteiger partial charge is 0.207 e. The number of aromatic amines is 2. The van der Waals surface area contributed by atoms with Crippen LogP contribution in [0, 0.1) is 27.7 Å². The molecule has 2 aromatic carbocycles. The number of aromatic nitrogens is 2. The first-order valence-electron chi connectivity index (χ1n) is 14.1. The average Bonchev–Trinajstić information content (AvgIpc) is 3.56. The Kier molecular flexibility index (Phi) is 7.53. The van der Waals surface area contributed by atoms with E-state index in [-0.39, 0.29) is 21.2 Å². The third-order valence-corrected chi connectivity index (χ3v) is 9.66. The van der Waals surface area contributed by atoms with Gasteiger partial charge in [-0.15, -0.1) is 6.58 Å². The lowest BCUT2D eigenvalue weighted by Gasteiger charge is -2.24. The molecule has 1 aliphatic carbocycles. The summed E-state index contributed by atoms with van der Waals surface area (Å²) in [5.41, 5.74) is 10.1. The zero-order valence-electron chi connectivity index (χ0n) is 25.5. The molecule has 0 unspecified atom stereocenters. The molecule has 4 aromatic rings. The van der Waals surface area contributed by atoms with Crippen LogP contribution < -0.4 is 0 Å². The molecule has 0 bridgehead atoms. The topological polar surface area (TPSA) is 65.7 Å². The number of hydrogen-bond acceptors (Lipinski definition) is 2. The summed E-state index contributed by atoms with van der Waals surface area (Å²) in [5, 5.41) is 1.42. The minimum Gasteiger partial charge on any atom is -0.360 e. The Labute approximate surface area is 257 Å². The van der Waals surface area contributed by atoms with E-state index in [2.05, 4.69) is 57.2 Å². The van der Waals surface area contributed by atoms with Crippen LogP contribution >= 0.6 is 23.2 Å². The summed E-state index contributed by atoms with van der Waals surface area (Å²) in [6.45, 7) is 20.5. The number of allylic oxidation sites excluding steroid dienone is 7. The van der Waals surface area contributed by atoms with E-state index in [9.17, 15) is 9.59 Å². The lowest BCUT2D eigenvalue weighted by molar-refractivity contribution is -0.113. The molecular formula is C36H36Cl2N2O2. The number of rotatable bonds is 6. The molecule has 0 fully saturated rings. The normalized spacial score (nSPS) is 14.5. The number of para-hydroxylation sites is 1. The minimum absolute atomic E-state index is 0.116. The molecule has 0 spiro atoms. The number of benzene rings is 2. The van der Waals surface area contributed by atoms with E-state index in [4.69, 9.17) is 23.2 Å². The number of H-pyrrole nitrogens is 2. The van der Waals surface area contributed by atoms with Gasteiger partial charge in [0.25, 0.3) is 0 Å². The molecule has 2 heterocycles. The molecule has 216 valence electrons. The van der Waals surface area contributed by atoms with Gasteiger partial charge in [0.1, 0.15) is 10.1 Å². The van der Waals surface area contributed by atoms with Crippen molar-refractivity contribution >= 4 is 67.7 Å². The summed E-state index contributed by atoms with van der Waals surface area (Å²) < 4.78 is 0. The van der Waals surface area contributed by atoms with Crippen molar-refractivity contribution in [1.82, 2.24) is 9.97 Å². The van der Waals surface area contributed by atoms with Crippen LogP contribution in [0.5, 0.6) is 0 Å². The van der Waals surface area contributed by atoms with Gasteiger partial charge < -0.3 is 9.97 Å². The van der Waals surface area contributed by atoms with Crippen LogP contribution in [0.25, 0.3) is 33.0 Å². The van der Waals surface area contributed by atoms with Gasteiger partial charge in [-0.3, -0.25) is 9.59 Å². The molecule has 2 N–H and O–H groups in total. The van der Waals surface area contributed by atoms with Crippen molar-refractivity contribution < 1.29 is 9.59 Å². The largest absolute Gasteiger partial charge is 0.360 e. The lowest BCUT2D eigenvalue weighted by Crippen LogP contribution is -2.22. The van der Waals surface area contributed by atoms with Gasteiger partial charge in [-0.25, -0.2) is 0 Å². The van der Waals surface area contributed by atoms with E-state index in [1.807, 2.05) is 45.0 Å². The van der Waals surface area contributed by atoms with Crippen molar-refractivity contribution in [3.05, 3.63) is 103 Å². The Morgan fingerprint density at radius 1 is 0.905 bits per heavy atom. The van der Waals surface area contributed by atoms with Crippen LogP contribution in [-0.2, 0) is 21.4 Å². The highest BCUT2D eigenvalue weighted by molar-refractivity contribution is 6.68. The molecule has 0 saturated heterocycles. The van der Waals surface area contributed by atoms with Crippen LogP contribution in [0.2, 0.25) is 0 Å². The zero-order chi connectivity index (χ0) is 30.8. The molecule has 0 aliphatic heterocycles. The quantitative estimate of drug-likeness (QED) is 0.171. The molecule has 42 heavy (non-hydrogen) atoms. The second-order valence-electron chi connectivity index (χ2n) is 12.1. The minimum atomic E-state index is -0.558. The first-order valence-corrected chi connectivity index (χ1v) is 14.9. The van der Waals surface area contributed by atoms with E-state index in [1.165, 1.54) is 11.1 Å². The van der Waals surface area contributed by atoms with Crippen LogP contribution in [0.1, 0.15) is 72.3 Å². The summed E-state index contributed by atoms with van der Waals surface area (Å²) in [5.74, 6) is -0.939. The Balaban J connectivity index is 1.77. The van der Waals surface area contributed by atoms with Crippen molar-refractivity contribution in [2.45, 2.75) is 67.2 Å². The average molecular weight is 600 g/mol. The molecule has 2 aromatic heterocycles. The number of carbonyl (C=O) groups excluding carboxylic acids is 2. The maximum atomic E-state index is 14.3. The van der Waals surface area contributed by atoms with Gasteiger partial charge >= 0.3 is 0 Å². The number of ketones is 2. The highest BCUT2D eigenvalue weighted by Crippen LogP contribution is 2.47. The second-order valence-corrected chi connectivity index (χ2v) is 12.9. The van der Waals surface area contributed by atoms with Crippen LogP contribution in [-0.4, -0.2) is 21.5 Å². The Morgan fingerprint density at radius 3 is 2.17 bits per heavy atom. The van der Waals surface area contributed by atoms with E-state index >= 15 is 0 Å². The number of fused-ring (bicyclic) bond motifs is 2. The number of hydrogen-bond donors (Lipinski definition) is 2. The number of nitrogens with one attached hydrogen (secondary N) is 2. The monoisotopic (exact) mass is 598 g/mol. The number of aryl methyl sites for hydroxylation is 2. The third-order valence-electron chi connectivity index (χ3n) is 8.94. The van der Waals surface area contributed by atoms with Crippen molar-refractivity contribution in [2.24, 2.45) is 0 Å². The molecule has 1 aliphatic rings. The predicted molar refractivity (Wildman–Crippen MR) is 177 cm³/mol. The van der Waals surface area contributed by atoms with E-state index in [0.29, 0.717) is 11.1 Å². The molecule has 4 nitrogen and oxygen atoms in total. The Hall–Kier alpha value is -3.60. The number of halogens is 2. The summed E-state index contributed by atoms with van der Waals surface area (Å²) in [6, 6.07) is 5.92. The molecule has 0 amide bonds. The first kappa shape index (κ1) is 29.9. The summed E-state index contributed by atoms with van der Waals surface area (Å²) in [7, 11) is 0. The first-order chi connectivity index (χ1) is 19.7. The maximum absolute atomic E-state index is 14.3. The van der Waals surface area contributed by atoms with E-state index < -0.39 is 17.0 Å². The van der Waals surface area contributed by atoms with Gasteiger partial charge in [-0.1, -0.05) is 73.0 Å². The van der Waals surface area contributed by atoms with Crippen LogP contribution in [0.3, 0.4) is 0 Å². The molecule has 0 atom stereocenters. The third kappa shape index (κ3) is 4.44. The van der Waals surface area contributed by atoms with Crippen molar-refractivity contribution in [3.8, 4) is 0 Å². The van der Waals surface area contributed by atoms with Crippen molar-refractivity contribution in [3.63, 3.8) is 0 Å². The fraction of sp³-hybridized carbons (Fsp3) is 0.278. The fourth-order valence-corrected chi connectivity index (χ4v) is 6.50. The Bertz CT molecular complexity index is 1950. The zero-order valence-corrected chi connectivity index (χ0v) is 27.0. The molecule has 0 radical (unpaired) electrons. The van der Waals surface area contributed by atoms with E-state index in [1.54, 1.807) is 6.20 Å². The summed E-state index contributed by atoms with van der Waals surface area (Å²) in [6.07, 6.45) is 6.46.